The number of rotatable bonds is 3. The van der Waals surface area contributed by atoms with E-state index in [9.17, 15) is 4.79 Å². The molecular formula is C8H10N2O2. The average Bonchev–Trinajstić information content (AvgIpc) is 2.06. The maximum absolute atomic E-state index is 10.6. The average molecular weight is 166 g/mol. The van der Waals surface area contributed by atoms with E-state index in [0.717, 1.165) is 0 Å². The van der Waals surface area contributed by atoms with Crippen LogP contribution in [0.15, 0.2) is 24.3 Å². The van der Waals surface area contributed by atoms with E-state index in [1.165, 1.54) is 0 Å². The monoisotopic (exact) mass is 166 g/mol. The smallest absolute Gasteiger partial charge is 0.248 e. The molecule has 0 unspecified atom stereocenters. The van der Waals surface area contributed by atoms with Gasteiger partial charge in [-0.25, -0.2) is 0 Å². The largest absolute Gasteiger partial charge is 0.409 e. The Balaban J connectivity index is 2.78. The molecule has 1 aromatic rings. The quantitative estimate of drug-likeness (QED) is 0.635. The van der Waals surface area contributed by atoms with E-state index in [0.29, 0.717) is 11.3 Å². The van der Waals surface area contributed by atoms with Crippen molar-refractivity contribution in [1.82, 2.24) is 5.48 Å². The van der Waals surface area contributed by atoms with E-state index in [-0.39, 0.29) is 0 Å². The Morgan fingerprint density at radius 2 is 2.00 bits per heavy atom. The van der Waals surface area contributed by atoms with Crippen LogP contribution < -0.4 is 16.1 Å². The van der Waals surface area contributed by atoms with E-state index in [4.69, 9.17) is 10.6 Å². The lowest BCUT2D eigenvalue weighted by atomic mass is 10.2. The molecule has 0 saturated heterocycles. The molecule has 0 atom stereocenters. The number of benzene rings is 1. The van der Waals surface area contributed by atoms with Crippen LogP contribution in [0.3, 0.4) is 0 Å². The Hall–Kier alpha value is -1.55. The van der Waals surface area contributed by atoms with E-state index >= 15 is 0 Å². The first-order chi connectivity index (χ1) is 5.74. The zero-order valence-corrected chi connectivity index (χ0v) is 6.70. The first-order valence-corrected chi connectivity index (χ1v) is 3.47. The lowest BCUT2D eigenvalue weighted by molar-refractivity contribution is 0.1000. The predicted molar refractivity (Wildman–Crippen MR) is 44.6 cm³/mol. The summed E-state index contributed by atoms with van der Waals surface area (Å²) < 4.78 is 0. The molecule has 0 bridgehead atoms. The highest BCUT2D eigenvalue weighted by Crippen LogP contribution is 2.10. The fourth-order valence-corrected chi connectivity index (χ4v) is 0.805. The van der Waals surface area contributed by atoms with Crippen LogP contribution in [0.5, 0.6) is 5.75 Å². The van der Waals surface area contributed by atoms with Crippen LogP contribution in [0.1, 0.15) is 10.4 Å². The van der Waals surface area contributed by atoms with Crippen molar-refractivity contribution in [2.75, 3.05) is 7.05 Å². The molecule has 0 radical (unpaired) electrons. The van der Waals surface area contributed by atoms with Gasteiger partial charge in [-0.15, -0.1) is 0 Å². The summed E-state index contributed by atoms with van der Waals surface area (Å²) >= 11 is 0. The van der Waals surface area contributed by atoms with E-state index < -0.39 is 5.91 Å². The Labute approximate surface area is 70.3 Å². The van der Waals surface area contributed by atoms with Crippen LogP contribution >= 0.6 is 0 Å². The van der Waals surface area contributed by atoms with Crippen LogP contribution in [0.25, 0.3) is 0 Å². The summed E-state index contributed by atoms with van der Waals surface area (Å²) in [5, 5.41) is 0. The zero-order chi connectivity index (χ0) is 8.97. The molecule has 0 heterocycles. The van der Waals surface area contributed by atoms with Crippen LogP contribution in [-0.4, -0.2) is 13.0 Å². The third-order valence-electron chi connectivity index (χ3n) is 1.36. The fraction of sp³-hybridized carbons (Fsp3) is 0.125. The first kappa shape index (κ1) is 8.55. The lowest BCUT2D eigenvalue weighted by Crippen LogP contribution is -2.12. The van der Waals surface area contributed by atoms with Crippen molar-refractivity contribution in [3.05, 3.63) is 29.8 Å². The summed E-state index contributed by atoms with van der Waals surface area (Å²) in [6, 6.07) is 6.54. The summed E-state index contributed by atoms with van der Waals surface area (Å²) in [5.74, 6) is 0.202. The number of nitrogens with one attached hydrogen (secondary N) is 1. The molecule has 1 amide bonds. The number of carbonyl (C=O) groups excluding carboxylic acids is 1. The van der Waals surface area contributed by atoms with Gasteiger partial charge >= 0.3 is 0 Å². The van der Waals surface area contributed by atoms with Crippen LogP contribution in [0, 0.1) is 0 Å². The molecule has 0 fully saturated rings. The maximum Gasteiger partial charge on any atom is 0.248 e. The van der Waals surface area contributed by atoms with Gasteiger partial charge in [0.15, 0.2) is 0 Å². The van der Waals surface area contributed by atoms with Gasteiger partial charge in [-0.2, -0.15) is 5.48 Å². The highest BCUT2D eigenvalue weighted by Gasteiger charge is 1.98. The van der Waals surface area contributed by atoms with Gasteiger partial charge in [0, 0.05) is 12.6 Å². The molecule has 0 spiro atoms. The van der Waals surface area contributed by atoms with E-state index in [1.54, 1.807) is 31.3 Å². The molecule has 4 heteroatoms. The molecular weight excluding hydrogens is 156 g/mol. The van der Waals surface area contributed by atoms with Crippen molar-refractivity contribution in [2.24, 2.45) is 5.73 Å². The minimum absolute atomic E-state index is 0.439. The molecule has 0 aliphatic carbocycles. The Kier molecular flexibility index (Phi) is 2.66. The number of hydrogen-bond acceptors (Lipinski definition) is 3. The van der Waals surface area contributed by atoms with Crippen molar-refractivity contribution in [3.8, 4) is 5.75 Å². The lowest BCUT2D eigenvalue weighted by Gasteiger charge is -2.01. The second-order valence-electron chi connectivity index (χ2n) is 2.19. The SMILES string of the molecule is CNOc1ccc(C(N)=O)cc1. The predicted octanol–water partition coefficient (Wildman–Crippen LogP) is 0.299. The standard InChI is InChI=1S/C8H10N2O2/c1-10-12-7-4-2-6(3-5-7)8(9)11/h2-5,10H,1H3,(H2,9,11). The molecule has 64 valence electrons. The van der Waals surface area contributed by atoms with Crippen molar-refractivity contribution in [1.29, 1.82) is 0 Å². The van der Waals surface area contributed by atoms with Crippen molar-refractivity contribution < 1.29 is 9.63 Å². The Bertz CT molecular complexity index is 269. The summed E-state index contributed by atoms with van der Waals surface area (Å²) in [5.41, 5.74) is 8.03. The van der Waals surface area contributed by atoms with E-state index in [1.807, 2.05) is 0 Å². The van der Waals surface area contributed by atoms with E-state index in [2.05, 4.69) is 5.48 Å². The van der Waals surface area contributed by atoms with Crippen molar-refractivity contribution >= 4 is 5.91 Å². The van der Waals surface area contributed by atoms with Gasteiger partial charge in [0.25, 0.3) is 0 Å². The van der Waals surface area contributed by atoms with Gasteiger partial charge in [-0.05, 0) is 24.3 Å². The number of carbonyl (C=O) groups is 1. The van der Waals surface area contributed by atoms with Gasteiger partial charge in [0.05, 0.1) is 0 Å². The summed E-state index contributed by atoms with van der Waals surface area (Å²) in [6.45, 7) is 0. The number of hydrogen-bond donors (Lipinski definition) is 2. The minimum atomic E-state index is -0.439. The van der Waals surface area contributed by atoms with Crippen LogP contribution in [0.2, 0.25) is 0 Å². The highest BCUT2D eigenvalue weighted by molar-refractivity contribution is 5.92. The second kappa shape index (κ2) is 3.73. The summed E-state index contributed by atoms with van der Waals surface area (Å²) in [4.78, 5) is 15.6. The van der Waals surface area contributed by atoms with Gasteiger partial charge in [0.2, 0.25) is 5.91 Å². The molecule has 0 aliphatic rings. The van der Waals surface area contributed by atoms with Gasteiger partial charge < -0.3 is 10.6 Å². The minimum Gasteiger partial charge on any atom is -0.409 e. The van der Waals surface area contributed by atoms with Gasteiger partial charge in [-0.1, -0.05) is 0 Å². The topological polar surface area (TPSA) is 64.3 Å². The molecule has 4 nitrogen and oxygen atoms in total. The summed E-state index contributed by atoms with van der Waals surface area (Å²) in [6.07, 6.45) is 0. The maximum atomic E-state index is 10.6. The summed E-state index contributed by atoms with van der Waals surface area (Å²) in [7, 11) is 1.65. The van der Waals surface area contributed by atoms with Gasteiger partial charge in [0.1, 0.15) is 5.75 Å². The molecule has 0 saturated carbocycles. The molecule has 3 N–H and O–H groups in total. The number of hydroxylamine groups is 1. The molecule has 12 heavy (non-hydrogen) atoms. The second-order valence-corrected chi connectivity index (χ2v) is 2.19. The van der Waals surface area contributed by atoms with Crippen LogP contribution in [0.4, 0.5) is 0 Å². The number of amides is 1. The fourth-order valence-electron chi connectivity index (χ4n) is 0.805. The highest BCUT2D eigenvalue weighted by atomic mass is 16.6. The third-order valence-corrected chi connectivity index (χ3v) is 1.36. The first-order valence-electron chi connectivity index (χ1n) is 3.47. The number of nitrogens with two attached hydrogens (primary N) is 1. The molecule has 0 aliphatic heterocycles. The van der Waals surface area contributed by atoms with Gasteiger partial charge in [-0.3, -0.25) is 4.79 Å². The zero-order valence-electron chi connectivity index (χ0n) is 6.70. The molecule has 1 rings (SSSR count). The van der Waals surface area contributed by atoms with Crippen molar-refractivity contribution in [3.63, 3.8) is 0 Å². The van der Waals surface area contributed by atoms with Crippen LogP contribution in [-0.2, 0) is 0 Å². The molecule has 0 aromatic heterocycles. The Morgan fingerprint density at radius 3 is 2.42 bits per heavy atom. The Morgan fingerprint density at radius 1 is 1.42 bits per heavy atom. The normalized spacial score (nSPS) is 9.42. The van der Waals surface area contributed by atoms with Crippen molar-refractivity contribution in [2.45, 2.75) is 0 Å². The number of primary amides is 1. The third kappa shape index (κ3) is 1.96. The molecule has 1 aromatic carbocycles.